The fraction of sp³-hybridized carbons (Fsp3) is 0.286. The molecule has 1 N–H and O–H groups in total. The van der Waals surface area contributed by atoms with Gasteiger partial charge in [0.2, 0.25) is 0 Å². The van der Waals surface area contributed by atoms with E-state index in [0.717, 1.165) is 17.1 Å². The van der Waals surface area contributed by atoms with Gasteiger partial charge in [0.1, 0.15) is 12.7 Å². The van der Waals surface area contributed by atoms with Crippen molar-refractivity contribution >= 4 is 5.69 Å². The van der Waals surface area contributed by atoms with Gasteiger partial charge in [-0.15, -0.1) is 0 Å². The van der Waals surface area contributed by atoms with Crippen LogP contribution in [-0.2, 0) is 6.54 Å². The number of hydrogen-bond acceptors (Lipinski definition) is 5. The Morgan fingerprint density at radius 1 is 1.29 bits per heavy atom. The summed E-state index contributed by atoms with van der Waals surface area (Å²) in [6.07, 6.45) is 8.77. The Morgan fingerprint density at radius 3 is 2.90 bits per heavy atom. The van der Waals surface area contributed by atoms with Gasteiger partial charge < -0.3 is 5.32 Å². The van der Waals surface area contributed by atoms with Crippen LogP contribution in [0.3, 0.4) is 0 Å². The molecule has 0 fully saturated rings. The highest BCUT2D eigenvalue weighted by Gasteiger charge is 2.07. The van der Waals surface area contributed by atoms with Crippen LogP contribution in [0.2, 0.25) is 0 Å². The average Bonchev–Trinajstić information content (AvgIpc) is 3.17. The van der Waals surface area contributed by atoms with Gasteiger partial charge in [-0.1, -0.05) is 0 Å². The molecular formula is C14H17N7. The Hall–Kier alpha value is -2.70. The lowest BCUT2D eigenvalue weighted by atomic mass is 10.3. The van der Waals surface area contributed by atoms with Gasteiger partial charge in [0.05, 0.1) is 11.9 Å². The second-order valence-electron chi connectivity index (χ2n) is 4.99. The van der Waals surface area contributed by atoms with Gasteiger partial charge in [-0.2, -0.15) is 10.2 Å². The normalized spacial score (nSPS) is 11.0. The first kappa shape index (κ1) is 13.3. The minimum Gasteiger partial charge on any atom is -0.378 e. The largest absolute Gasteiger partial charge is 0.378 e. The summed E-state index contributed by atoms with van der Waals surface area (Å²) in [6, 6.07) is 4.22. The third-order valence-electron chi connectivity index (χ3n) is 3.09. The lowest BCUT2D eigenvalue weighted by Crippen LogP contribution is -2.06. The molecule has 0 spiro atoms. The first-order valence-corrected chi connectivity index (χ1v) is 6.81. The van der Waals surface area contributed by atoms with E-state index in [1.54, 1.807) is 17.2 Å². The fourth-order valence-electron chi connectivity index (χ4n) is 1.98. The van der Waals surface area contributed by atoms with Crippen LogP contribution in [0.5, 0.6) is 0 Å². The molecule has 3 aromatic rings. The topological polar surface area (TPSA) is 73.5 Å². The number of nitrogens with one attached hydrogen (secondary N) is 1. The maximum absolute atomic E-state index is 4.34. The van der Waals surface area contributed by atoms with Gasteiger partial charge in [-0.3, -0.25) is 4.68 Å². The predicted molar refractivity (Wildman–Crippen MR) is 79.1 cm³/mol. The number of rotatable bonds is 5. The van der Waals surface area contributed by atoms with Crippen LogP contribution in [0, 0.1) is 0 Å². The number of anilines is 1. The zero-order valence-electron chi connectivity index (χ0n) is 12.0. The summed E-state index contributed by atoms with van der Waals surface area (Å²) in [4.78, 5) is 8.30. The number of pyridine rings is 1. The average molecular weight is 283 g/mol. The molecule has 0 saturated carbocycles. The van der Waals surface area contributed by atoms with Crippen molar-refractivity contribution in [1.82, 2.24) is 29.5 Å². The second kappa shape index (κ2) is 5.74. The maximum atomic E-state index is 4.34. The molecular weight excluding hydrogens is 266 g/mol. The van der Waals surface area contributed by atoms with Crippen LogP contribution >= 0.6 is 0 Å². The predicted octanol–water partition coefficient (Wildman–Crippen LogP) is 2.05. The molecule has 0 bridgehead atoms. The molecule has 0 aliphatic carbocycles. The number of aromatic nitrogens is 6. The van der Waals surface area contributed by atoms with Gasteiger partial charge in [-0.25, -0.2) is 14.6 Å². The first-order chi connectivity index (χ1) is 10.2. The van der Waals surface area contributed by atoms with E-state index in [4.69, 9.17) is 0 Å². The van der Waals surface area contributed by atoms with Gasteiger partial charge in [0.15, 0.2) is 5.82 Å². The minimum atomic E-state index is 0.364. The summed E-state index contributed by atoms with van der Waals surface area (Å²) in [5.74, 6) is 0.728. The van der Waals surface area contributed by atoms with Crippen molar-refractivity contribution in [2.24, 2.45) is 0 Å². The van der Waals surface area contributed by atoms with Crippen molar-refractivity contribution in [3.63, 3.8) is 0 Å². The summed E-state index contributed by atoms with van der Waals surface area (Å²) in [7, 11) is 0. The molecule has 3 heterocycles. The molecule has 7 nitrogen and oxygen atoms in total. The van der Waals surface area contributed by atoms with Gasteiger partial charge >= 0.3 is 0 Å². The number of hydrogen-bond donors (Lipinski definition) is 1. The highest BCUT2D eigenvalue weighted by molar-refractivity contribution is 5.56. The van der Waals surface area contributed by atoms with Crippen LogP contribution in [0.15, 0.2) is 43.4 Å². The summed E-state index contributed by atoms with van der Waals surface area (Å²) in [6.45, 7) is 4.89. The van der Waals surface area contributed by atoms with E-state index >= 15 is 0 Å². The first-order valence-electron chi connectivity index (χ1n) is 6.81. The van der Waals surface area contributed by atoms with E-state index in [-0.39, 0.29) is 0 Å². The molecule has 7 heteroatoms. The Kier molecular flexibility index (Phi) is 3.63. The molecule has 0 atom stereocenters. The number of nitrogens with zero attached hydrogens (tertiary/aromatic N) is 6. The molecule has 3 rings (SSSR count). The van der Waals surface area contributed by atoms with Crippen molar-refractivity contribution < 1.29 is 0 Å². The van der Waals surface area contributed by atoms with E-state index in [0.29, 0.717) is 12.6 Å². The van der Waals surface area contributed by atoms with Crippen molar-refractivity contribution in [3.05, 3.63) is 48.9 Å². The fourth-order valence-corrected chi connectivity index (χ4v) is 1.98. The van der Waals surface area contributed by atoms with Crippen LogP contribution in [0.25, 0.3) is 5.82 Å². The van der Waals surface area contributed by atoms with E-state index in [9.17, 15) is 0 Å². The minimum absolute atomic E-state index is 0.364. The summed E-state index contributed by atoms with van der Waals surface area (Å²) < 4.78 is 3.58. The molecule has 0 amide bonds. The zero-order valence-corrected chi connectivity index (χ0v) is 12.0. The smallest absolute Gasteiger partial charge is 0.178 e. The van der Waals surface area contributed by atoms with Crippen molar-refractivity contribution in [3.8, 4) is 5.82 Å². The van der Waals surface area contributed by atoms with Crippen LogP contribution in [-0.4, -0.2) is 29.5 Å². The maximum Gasteiger partial charge on any atom is 0.178 e. The summed E-state index contributed by atoms with van der Waals surface area (Å²) in [5, 5.41) is 11.8. The van der Waals surface area contributed by atoms with Crippen molar-refractivity contribution in [2.75, 3.05) is 5.32 Å². The summed E-state index contributed by atoms with van der Waals surface area (Å²) >= 11 is 0. The molecule has 21 heavy (non-hydrogen) atoms. The van der Waals surface area contributed by atoms with Crippen molar-refractivity contribution in [2.45, 2.75) is 26.4 Å². The molecule has 0 unspecified atom stereocenters. The lowest BCUT2D eigenvalue weighted by molar-refractivity contribution is 0.532. The lowest BCUT2D eigenvalue weighted by Gasteiger charge is -2.09. The van der Waals surface area contributed by atoms with E-state index in [1.165, 1.54) is 6.33 Å². The Labute approximate surface area is 122 Å². The van der Waals surface area contributed by atoms with Crippen LogP contribution in [0.1, 0.15) is 25.5 Å². The third-order valence-corrected chi connectivity index (χ3v) is 3.09. The Bertz CT molecular complexity index is 700. The zero-order chi connectivity index (χ0) is 14.7. The monoisotopic (exact) mass is 283 g/mol. The molecule has 108 valence electrons. The molecule has 3 aromatic heterocycles. The van der Waals surface area contributed by atoms with Crippen LogP contribution < -0.4 is 5.32 Å². The van der Waals surface area contributed by atoms with Gasteiger partial charge in [0, 0.05) is 30.5 Å². The molecule has 0 aliphatic heterocycles. The highest BCUT2D eigenvalue weighted by atomic mass is 15.3. The van der Waals surface area contributed by atoms with E-state index < -0.39 is 0 Å². The summed E-state index contributed by atoms with van der Waals surface area (Å²) in [5.41, 5.74) is 2.03. The van der Waals surface area contributed by atoms with E-state index in [2.05, 4.69) is 39.3 Å². The van der Waals surface area contributed by atoms with Crippen molar-refractivity contribution in [1.29, 1.82) is 0 Å². The standard InChI is InChI=1S/C14H17N7/c1-11(2)20-8-12(7-18-20)6-17-13-4-3-5-16-14(13)21-10-15-9-19-21/h3-5,7-11,17H,6H2,1-2H3. The third kappa shape index (κ3) is 2.91. The van der Waals surface area contributed by atoms with Gasteiger partial charge in [0.25, 0.3) is 0 Å². The Morgan fingerprint density at radius 2 is 2.19 bits per heavy atom. The van der Waals surface area contributed by atoms with Gasteiger partial charge in [-0.05, 0) is 26.0 Å². The highest BCUT2D eigenvalue weighted by Crippen LogP contribution is 2.17. The van der Waals surface area contributed by atoms with Crippen LogP contribution in [0.4, 0.5) is 5.69 Å². The molecule has 0 aliphatic rings. The molecule has 0 radical (unpaired) electrons. The van der Waals surface area contributed by atoms with E-state index in [1.807, 2.05) is 29.2 Å². The Balaban J connectivity index is 1.76. The SMILES string of the molecule is CC(C)n1cc(CNc2cccnc2-n2cncn2)cn1. The second-order valence-corrected chi connectivity index (χ2v) is 4.99. The molecule has 0 aromatic carbocycles. The quantitative estimate of drug-likeness (QED) is 0.775. The molecule has 0 saturated heterocycles.